The van der Waals surface area contributed by atoms with Gasteiger partial charge in [0.15, 0.2) is 0 Å². The van der Waals surface area contributed by atoms with Crippen LogP contribution in [0.5, 0.6) is 0 Å². The van der Waals surface area contributed by atoms with Crippen LogP contribution in [0.15, 0.2) is 0 Å². The minimum atomic E-state index is 0.514. The van der Waals surface area contributed by atoms with E-state index in [4.69, 9.17) is 4.74 Å². The average molecular weight is 226 g/mol. The van der Waals surface area contributed by atoms with Gasteiger partial charge >= 0.3 is 0 Å². The summed E-state index contributed by atoms with van der Waals surface area (Å²) in [6.45, 7) is 2.47. The Balaban J connectivity index is 1.79. The van der Waals surface area contributed by atoms with E-state index in [1.165, 1.54) is 51.6 Å². The second-order valence-corrected chi connectivity index (χ2v) is 5.28. The highest BCUT2D eigenvalue weighted by Gasteiger charge is 2.28. The van der Waals surface area contributed by atoms with Gasteiger partial charge in [0.2, 0.25) is 0 Å². The van der Waals surface area contributed by atoms with Crippen LogP contribution in [0.25, 0.3) is 0 Å². The molecule has 2 rings (SSSR count). The number of nitrogens with one attached hydrogen (secondary N) is 1. The molecule has 1 saturated carbocycles. The molecule has 0 radical (unpaired) electrons. The van der Waals surface area contributed by atoms with Crippen molar-refractivity contribution in [2.75, 3.05) is 27.2 Å². The predicted octanol–water partition coefficient (Wildman–Crippen LogP) is 1.63. The molecule has 0 aromatic rings. The maximum atomic E-state index is 5.43. The van der Waals surface area contributed by atoms with E-state index in [2.05, 4.69) is 17.3 Å². The van der Waals surface area contributed by atoms with Crippen molar-refractivity contribution in [2.24, 2.45) is 0 Å². The van der Waals surface area contributed by atoms with Crippen LogP contribution < -0.4 is 5.32 Å². The molecule has 2 unspecified atom stereocenters. The maximum absolute atomic E-state index is 5.43. The third kappa shape index (κ3) is 2.96. The number of ether oxygens (including phenoxy) is 1. The molecular formula is C13H26N2O. The molecule has 1 aliphatic heterocycles. The van der Waals surface area contributed by atoms with Crippen molar-refractivity contribution in [3.8, 4) is 0 Å². The molecule has 1 heterocycles. The number of hydrogen-bond acceptors (Lipinski definition) is 3. The molecular weight excluding hydrogens is 200 g/mol. The molecule has 0 aromatic carbocycles. The summed E-state index contributed by atoms with van der Waals surface area (Å²) in [4.78, 5) is 2.69. The Hall–Kier alpha value is -0.120. The Morgan fingerprint density at radius 1 is 1.12 bits per heavy atom. The quantitative estimate of drug-likeness (QED) is 0.791. The first-order chi connectivity index (χ1) is 7.83. The zero-order valence-electron chi connectivity index (χ0n) is 10.7. The third-order valence-corrected chi connectivity index (χ3v) is 4.38. The second kappa shape index (κ2) is 5.99. The number of likely N-dealkylation sites (tertiary alicyclic amines) is 1. The molecule has 3 heteroatoms. The number of methoxy groups -OCH3 is 1. The van der Waals surface area contributed by atoms with Crippen molar-refractivity contribution in [1.29, 1.82) is 0 Å². The fraction of sp³-hybridized carbons (Fsp3) is 1.00. The Bertz CT molecular complexity index is 202. The zero-order valence-corrected chi connectivity index (χ0v) is 10.7. The van der Waals surface area contributed by atoms with E-state index in [1.54, 1.807) is 0 Å². The SMILES string of the molecule is CNC1CCCC(N2CCC(OC)CC2)C1. The number of rotatable bonds is 3. The standard InChI is InChI=1S/C13H26N2O/c1-14-11-4-3-5-12(10-11)15-8-6-13(16-2)7-9-15/h11-14H,3-10H2,1-2H3. The van der Waals surface area contributed by atoms with Gasteiger partial charge in [0, 0.05) is 32.3 Å². The van der Waals surface area contributed by atoms with Gasteiger partial charge in [-0.3, -0.25) is 0 Å². The molecule has 1 saturated heterocycles. The first-order valence-electron chi connectivity index (χ1n) is 6.77. The number of nitrogens with zero attached hydrogens (tertiary/aromatic N) is 1. The molecule has 0 aromatic heterocycles. The average Bonchev–Trinajstić information content (AvgIpc) is 2.39. The highest BCUT2D eigenvalue weighted by Crippen LogP contribution is 2.26. The fourth-order valence-corrected chi connectivity index (χ4v) is 3.23. The summed E-state index contributed by atoms with van der Waals surface area (Å²) in [5.74, 6) is 0. The zero-order chi connectivity index (χ0) is 11.4. The lowest BCUT2D eigenvalue weighted by Gasteiger charge is -2.41. The van der Waals surface area contributed by atoms with E-state index in [-0.39, 0.29) is 0 Å². The summed E-state index contributed by atoms with van der Waals surface area (Å²) in [7, 11) is 3.95. The highest BCUT2D eigenvalue weighted by molar-refractivity contribution is 4.85. The lowest BCUT2D eigenvalue weighted by atomic mass is 9.89. The minimum Gasteiger partial charge on any atom is -0.381 e. The fourth-order valence-electron chi connectivity index (χ4n) is 3.23. The summed E-state index contributed by atoms with van der Waals surface area (Å²) >= 11 is 0. The third-order valence-electron chi connectivity index (χ3n) is 4.38. The van der Waals surface area contributed by atoms with Crippen molar-refractivity contribution in [2.45, 2.75) is 56.7 Å². The monoisotopic (exact) mass is 226 g/mol. The lowest BCUT2D eigenvalue weighted by Crippen LogP contribution is -2.47. The Morgan fingerprint density at radius 2 is 1.88 bits per heavy atom. The molecule has 2 atom stereocenters. The van der Waals surface area contributed by atoms with Crippen LogP contribution in [0.1, 0.15) is 38.5 Å². The lowest BCUT2D eigenvalue weighted by molar-refractivity contribution is 0.0187. The first-order valence-corrected chi connectivity index (χ1v) is 6.77. The molecule has 1 N–H and O–H groups in total. The molecule has 3 nitrogen and oxygen atoms in total. The normalized spacial score (nSPS) is 34.1. The number of hydrogen-bond donors (Lipinski definition) is 1. The van der Waals surface area contributed by atoms with Gasteiger partial charge in [0.05, 0.1) is 6.10 Å². The van der Waals surface area contributed by atoms with Crippen molar-refractivity contribution < 1.29 is 4.74 Å². The van der Waals surface area contributed by atoms with Gasteiger partial charge in [0.1, 0.15) is 0 Å². The van der Waals surface area contributed by atoms with Crippen LogP contribution in [-0.4, -0.2) is 50.3 Å². The molecule has 0 spiro atoms. The number of piperidine rings is 1. The van der Waals surface area contributed by atoms with E-state index in [1.807, 2.05) is 7.11 Å². The van der Waals surface area contributed by atoms with Crippen LogP contribution in [0.3, 0.4) is 0 Å². The summed E-state index contributed by atoms with van der Waals surface area (Å²) in [6.07, 6.45) is 8.44. The van der Waals surface area contributed by atoms with Crippen molar-refractivity contribution >= 4 is 0 Å². The molecule has 1 aliphatic carbocycles. The predicted molar refractivity (Wildman–Crippen MR) is 66.7 cm³/mol. The molecule has 16 heavy (non-hydrogen) atoms. The van der Waals surface area contributed by atoms with Crippen LogP contribution in [0, 0.1) is 0 Å². The van der Waals surface area contributed by atoms with Crippen molar-refractivity contribution in [3.05, 3.63) is 0 Å². The van der Waals surface area contributed by atoms with E-state index >= 15 is 0 Å². The molecule has 94 valence electrons. The molecule has 2 fully saturated rings. The summed E-state index contributed by atoms with van der Waals surface area (Å²) < 4.78 is 5.43. The van der Waals surface area contributed by atoms with E-state index in [9.17, 15) is 0 Å². The van der Waals surface area contributed by atoms with Gasteiger partial charge in [-0.1, -0.05) is 6.42 Å². The van der Waals surface area contributed by atoms with E-state index < -0.39 is 0 Å². The van der Waals surface area contributed by atoms with Gasteiger partial charge in [-0.2, -0.15) is 0 Å². The van der Waals surface area contributed by atoms with Crippen LogP contribution in [-0.2, 0) is 4.74 Å². The Labute approximate surface area is 99.5 Å². The molecule has 2 aliphatic rings. The minimum absolute atomic E-state index is 0.514. The second-order valence-electron chi connectivity index (χ2n) is 5.28. The van der Waals surface area contributed by atoms with Crippen molar-refractivity contribution in [1.82, 2.24) is 10.2 Å². The topological polar surface area (TPSA) is 24.5 Å². The molecule has 0 amide bonds. The van der Waals surface area contributed by atoms with Gasteiger partial charge < -0.3 is 15.0 Å². The molecule has 0 bridgehead atoms. The summed E-state index contributed by atoms with van der Waals surface area (Å²) in [5, 5.41) is 3.44. The summed E-state index contributed by atoms with van der Waals surface area (Å²) in [5.41, 5.74) is 0. The van der Waals surface area contributed by atoms with E-state index in [0.29, 0.717) is 6.10 Å². The van der Waals surface area contributed by atoms with Crippen LogP contribution in [0.2, 0.25) is 0 Å². The first kappa shape index (κ1) is 12.3. The smallest absolute Gasteiger partial charge is 0.0595 e. The van der Waals surface area contributed by atoms with E-state index in [0.717, 1.165) is 12.1 Å². The maximum Gasteiger partial charge on any atom is 0.0595 e. The van der Waals surface area contributed by atoms with Gasteiger partial charge in [0.25, 0.3) is 0 Å². The van der Waals surface area contributed by atoms with Crippen molar-refractivity contribution in [3.63, 3.8) is 0 Å². The van der Waals surface area contributed by atoms with Crippen LogP contribution in [0.4, 0.5) is 0 Å². The largest absolute Gasteiger partial charge is 0.381 e. The van der Waals surface area contributed by atoms with Gasteiger partial charge in [-0.25, -0.2) is 0 Å². The van der Waals surface area contributed by atoms with Gasteiger partial charge in [-0.05, 0) is 39.2 Å². The van der Waals surface area contributed by atoms with Crippen LogP contribution >= 0.6 is 0 Å². The Morgan fingerprint density at radius 3 is 2.50 bits per heavy atom. The van der Waals surface area contributed by atoms with Gasteiger partial charge in [-0.15, -0.1) is 0 Å². The Kier molecular flexibility index (Phi) is 4.62. The highest BCUT2D eigenvalue weighted by atomic mass is 16.5. The summed E-state index contributed by atoms with van der Waals surface area (Å²) in [6, 6.07) is 1.57.